The first-order valence-corrected chi connectivity index (χ1v) is 5.32. The van der Waals surface area contributed by atoms with Gasteiger partial charge in [0.1, 0.15) is 6.33 Å². The van der Waals surface area contributed by atoms with Gasteiger partial charge in [0.05, 0.1) is 12.4 Å². The second kappa shape index (κ2) is 5.01. The van der Waals surface area contributed by atoms with E-state index >= 15 is 0 Å². The van der Waals surface area contributed by atoms with E-state index in [2.05, 4.69) is 20.4 Å². The first-order valence-electron chi connectivity index (χ1n) is 3.81. The van der Waals surface area contributed by atoms with Crippen molar-refractivity contribution in [3.05, 3.63) is 31.1 Å². The molecule has 0 aromatic carbocycles. The van der Waals surface area contributed by atoms with Gasteiger partial charge in [-0.2, -0.15) is 13.7 Å². The minimum atomic E-state index is -3.72. The lowest BCUT2D eigenvalue weighted by molar-refractivity contribution is 0.579. The standard InChI is InChI=1S/C4H3N3.C2H4N4O2S/c5-3-7-2-1-6-4-7;3-9(7,8)6-2-1-4-5-6/h1-2,4H;1-2H,(H2,3,7,8). The number of nitrogens with zero attached hydrogens (tertiary/aromatic N) is 6. The Kier molecular flexibility index (Phi) is 3.70. The highest BCUT2D eigenvalue weighted by Crippen LogP contribution is 1.81. The molecule has 0 atom stereocenters. The molecule has 0 saturated heterocycles. The van der Waals surface area contributed by atoms with Crippen LogP contribution in [0.1, 0.15) is 0 Å². The van der Waals surface area contributed by atoms with E-state index in [-0.39, 0.29) is 0 Å². The summed E-state index contributed by atoms with van der Waals surface area (Å²) < 4.78 is 22.6. The van der Waals surface area contributed by atoms with Gasteiger partial charge < -0.3 is 0 Å². The topological polar surface area (TPSA) is 132 Å². The van der Waals surface area contributed by atoms with Crippen molar-refractivity contribution in [2.45, 2.75) is 0 Å². The highest BCUT2D eigenvalue weighted by atomic mass is 32.2. The van der Waals surface area contributed by atoms with Crippen LogP contribution >= 0.6 is 0 Å². The number of nitrogens with two attached hydrogens (primary N) is 1. The number of aromatic nitrogens is 5. The van der Waals surface area contributed by atoms with Crippen LogP contribution in [0.2, 0.25) is 0 Å². The van der Waals surface area contributed by atoms with Crippen molar-refractivity contribution in [3.63, 3.8) is 0 Å². The van der Waals surface area contributed by atoms with Gasteiger partial charge in [0.2, 0.25) is 0 Å². The Morgan fingerprint density at radius 1 is 1.31 bits per heavy atom. The zero-order valence-corrected chi connectivity index (χ0v) is 8.69. The molecule has 0 aliphatic carbocycles. The molecule has 16 heavy (non-hydrogen) atoms. The summed E-state index contributed by atoms with van der Waals surface area (Å²) in [6.07, 6.45) is 8.82. The maximum absolute atomic E-state index is 10.3. The summed E-state index contributed by atoms with van der Waals surface area (Å²) in [6, 6.07) is 0. The number of imidazole rings is 1. The predicted octanol–water partition coefficient (Wildman–Crippen LogP) is -1.46. The zero-order chi connectivity index (χ0) is 12.0. The third-order valence-corrected chi connectivity index (χ3v) is 2.00. The predicted molar refractivity (Wildman–Crippen MR) is 51.8 cm³/mol. The summed E-state index contributed by atoms with van der Waals surface area (Å²) in [7, 11) is -3.72. The van der Waals surface area contributed by atoms with Crippen molar-refractivity contribution in [2.75, 3.05) is 0 Å². The van der Waals surface area contributed by atoms with Gasteiger partial charge in [0, 0.05) is 12.4 Å². The molecule has 84 valence electrons. The van der Waals surface area contributed by atoms with E-state index in [1.807, 2.05) is 6.19 Å². The summed E-state index contributed by atoms with van der Waals surface area (Å²) in [5.74, 6) is 0. The molecule has 2 aromatic heterocycles. The number of hydrogen-bond donors (Lipinski definition) is 1. The second-order valence-electron chi connectivity index (χ2n) is 2.39. The van der Waals surface area contributed by atoms with E-state index in [1.54, 1.807) is 12.4 Å². The van der Waals surface area contributed by atoms with Crippen LogP contribution in [0.5, 0.6) is 0 Å². The molecular weight excluding hydrogens is 234 g/mol. The maximum atomic E-state index is 10.3. The lowest BCUT2D eigenvalue weighted by Crippen LogP contribution is -2.22. The molecule has 2 N–H and O–H groups in total. The summed E-state index contributed by atoms with van der Waals surface area (Å²) in [6.45, 7) is 0. The van der Waals surface area contributed by atoms with Gasteiger partial charge in [-0.3, -0.25) is 0 Å². The van der Waals surface area contributed by atoms with E-state index < -0.39 is 10.2 Å². The molecule has 0 aliphatic rings. The molecule has 0 fully saturated rings. The molecule has 10 heteroatoms. The Balaban J connectivity index is 0.000000165. The van der Waals surface area contributed by atoms with Crippen molar-refractivity contribution in [1.82, 2.24) is 24.0 Å². The fourth-order valence-corrected chi connectivity index (χ4v) is 1.02. The Hall–Kier alpha value is -2.25. The van der Waals surface area contributed by atoms with Crippen LogP contribution in [0.3, 0.4) is 0 Å². The number of nitriles is 1. The Bertz CT molecular complexity index is 551. The molecule has 0 radical (unpaired) electrons. The maximum Gasteiger partial charge on any atom is 0.319 e. The Labute approximate surface area is 90.9 Å². The van der Waals surface area contributed by atoms with Crippen molar-refractivity contribution in [3.8, 4) is 6.19 Å². The normalized spacial score (nSPS) is 10.0. The van der Waals surface area contributed by atoms with Crippen LogP contribution < -0.4 is 5.14 Å². The Morgan fingerprint density at radius 3 is 2.31 bits per heavy atom. The van der Waals surface area contributed by atoms with E-state index in [0.717, 1.165) is 6.20 Å². The van der Waals surface area contributed by atoms with Gasteiger partial charge in [-0.1, -0.05) is 5.21 Å². The molecule has 0 amide bonds. The van der Waals surface area contributed by atoms with Gasteiger partial charge in [-0.25, -0.2) is 14.7 Å². The summed E-state index contributed by atoms with van der Waals surface area (Å²) >= 11 is 0. The molecule has 0 bridgehead atoms. The van der Waals surface area contributed by atoms with Gasteiger partial charge in [-0.05, 0) is 0 Å². The van der Waals surface area contributed by atoms with E-state index in [1.165, 1.54) is 17.1 Å². The van der Waals surface area contributed by atoms with Crippen LogP contribution in [0.15, 0.2) is 31.1 Å². The SMILES string of the molecule is N#Cn1ccnc1.NS(=O)(=O)n1ccnn1. The molecular formula is C6H7N7O2S. The lowest BCUT2D eigenvalue weighted by Gasteiger charge is -1.90. The molecule has 0 saturated carbocycles. The van der Waals surface area contributed by atoms with Crippen molar-refractivity contribution in [1.29, 1.82) is 5.26 Å². The fraction of sp³-hybridized carbons (Fsp3) is 0. The first-order chi connectivity index (χ1) is 7.54. The largest absolute Gasteiger partial charge is 0.319 e. The lowest BCUT2D eigenvalue weighted by atomic mass is 10.9. The van der Waals surface area contributed by atoms with E-state index in [4.69, 9.17) is 5.26 Å². The van der Waals surface area contributed by atoms with Gasteiger partial charge in [0.15, 0.2) is 6.19 Å². The van der Waals surface area contributed by atoms with Crippen LogP contribution in [-0.4, -0.2) is 32.4 Å². The van der Waals surface area contributed by atoms with Crippen molar-refractivity contribution in [2.24, 2.45) is 5.14 Å². The van der Waals surface area contributed by atoms with Crippen LogP contribution in [0.4, 0.5) is 0 Å². The summed E-state index contributed by atoms with van der Waals surface area (Å²) in [5.41, 5.74) is 0. The molecule has 0 unspecified atom stereocenters. The van der Waals surface area contributed by atoms with Crippen LogP contribution in [0, 0.1) is 11.5 Å². The minimum absolute atomic E-state index is 0.576. The average Bonchev–Trinajstić information content (AvgIpc) is 2.91. The molecule has 0 spiro atoms. The van der Waals surface area contributed by atoms with Crippen LogP contribution in [-0.2, 0) is 10.2 Å². The number of rotatable bonds is 1. The summed E-state index contributed by atoms with van der Waals surface area (Å²) in [5, 5.41) is 19.1. The van der Waals surface area contributed by atoms with E-state index in [0.29, 0.717) is 4.09 Å². The minimum Gasteiger partial charge on any atom is -0.244 e. The highest BCUT2D eigenvalue weighted by Gasteiger charge is 2.03. The molecule has 9 nitrogen and oxygen atoms in total. The Morgan fingerprint density at radius 2 is 2.06 bits per heavy atom. The van der Waals surface area contributed by atoms with Gasteiger partial charge >= 0.3 is 10.2 Å². The molecule has 2 aromatic rings. The molecule has 0 aliphatic heterocycles. The third-order valence-electron chi connectivity index (χ3n) is 1.28. The van der Waals surface area contributed by atoms with Crippen molar-refractivity contribution < 1.29 is 8.42 Å². The second-order valence-corrected chi connectivity index (χ2v) is 3.79. The zero-order valence-electron chi connectivity index (χ0n) is 7.87. The van der Waals surface area contributed by atoms with E-state index in [9.17, 15) is 8.42 Å². The highest BCUT2D eigenvalue weighted by molar-refractivity contribution is 7.87. The fourth-order valence-electron chi connectivity index (χ4n) is 0.651. The first kappa shape index (κ1) is 11.8. The molecule has 2 rings (SSSR count). The van der Waals surface area contributed by atoms with Gasteiger partial charge in [0.25, 0.3) is 0 Å². The average molecular weight is 241 g/mol. The van der Waals surface area contributed by atoms with Crippen LogP contribution in [0.25, 0.3) is 0 Å². The number of hydrogen-bond acceptors (Lipinski definition) is 6. The smallest absolute Gasteiger partial charge is 0.244 e. The van der Waals surface area contributed by atoms with Crippen molar-refractivity contribution >= 4 is 10.2 Å². The summed E-state index contributed by atoms with van der Waals surface area (Å²) in [4.78, 5) is 3.63. The third kappa shape index (κ3) is 3.48. The van der Waals surface area contributed by atoms with Gasteiger partial charge in [-0.15, -0.1) is 9.19 Å². The monoisotopic (exact) mass is 241 g/mol. The quantitative estimate of drug-likeness (QED) is 0.648. The molecule has 2 heterocycles.